The molecule has 0 fully saturated rings. The van der Waals surface area contributed by atoms with E-state index in [1.807, 2.05) is 34.9 Å². The molecule has 0 N–H and O–H groups in total. The predicted molar refractivity (Wildman–Crippen MR) is 256 cm³/mol. The third-order valence-corrected chi connectivity index (χ3v) is 13.9. The fraction of sp³-hybridized carbons (Fsp3) is 0. The third kappa shape index (κ3) is 6.15. The lowest BCUT2D eigenvalue weighted by Gasteiger charge is -2.14. The van der Waals surface area contributed by atoms with Crippen molar-refractivity contribution in [3.05, 3.63) is 200 Å². The molecule has 8 aromatic carbocycles. The summed E-state index contributed by atoms with van der Waals surface area (Å²) in [6.07, 6.45) is 3.70. The van der Waals surface area contributed by atoms with Crippen molar-refractivity contribution in [2.24, 2.45) is 0 Å². The van der Waals surface area contributed by atoms with Gasteiger partial charge in [0.25, 0.3) is 0 Å². The molecule has 0 aliphatic rings. The Morgan fingerprint density at radius 1 is 0.300 bits per heavy atom. The van der Waals surface area contributed by atoms with Crippen LogP contribution in [0.2, 0.25) is 0 Å². The van der Waals surface area contributed by atoms with Crippen LogP contribution >= 0.6 is 22.7 Å². The van der Waals surface area contributed by atoms with E-state index in [-0.39, 0.29) is 0 Å². The zero-order chi connectivity index (χ0) is 39.6. The van der Waals surface area contributed by atoms with Crippen molar-refractivity contribution in [1.82, 2.24) is 15.0 Å². The monoisotopic (exact) mass is 799 g/mol. The first-order valence-corrected chi connectivity index (χ1v) is 21.7. The molecule has 0 saturated heterocycles. The van der Waals surface area contributed by atoms with E-state index in [9.17, 15) is 0 Å². The summed E-state index contributed by atoms with van der Waals surface area (Å²) in [5.74, 6) is 0.678. The fourth-order valence-corrected chi connectivity index (χ4v) is 10.7. The largest absolute Gasteiger partial charge is 0.264 e. The molecule has 0 bridgehead atoms. The molecule has 0 aliphatic carbocycles. The van der Waals surface area contributed by atoms with Crippen LogP contribution in [0.4, 0.5) is 0 Å². The molecule has 0 spiro atoms. The van der Waals surface area contributed by atoms with E-state index in [1.165, 1.54) is 62.2 Å². The van der Waals surface area contributed by atoms with Gasteiger partial charge < -0.3 is 0 Å². The second-order valence-corrected chi connectivity index (χ2v) is 17.4. The van der Waals surface area contributed by atoms with Crippen LogP contribution in [-0.2, 0) is 0 Å². The van der Waals surface area contributed by atoms with Crippen LogP contribution in [0.3, 0.4) is 0 Å². The summed E-state index contributed by atoms with van der Waals surface area (Å²) in [6, 6.07) is 68.0. The highest BCUT2D eigenvalue weighted by Crippen LogP contribution is 2.41. The first kappa shape index (κ1) is 34.7. The van der Waals surface area contributed by atoms with Gasteiger partial charge in [0, 0.05) is 69.4 Å². The molecule has 0 saturated carbocycles. The summed E-state index contributed by atoms with van der Waals surface area (Å²) in [6.45, 7) is 0. The van der Waals surface area contributed by atoms with E-state index < -0.39 is 0 Å². The number of pyridine rings is 1. The number of hydrogen-bond donors (Lipinski definition) is 0. The van der Waals surface area contributed by atoms with Gasteiger partial charge in [0.15, 0.2) is 5.82 Å². The highest BCUT2D eigenvalue weighted by Gasteiger charge is 2.16. The van der Waals surface area contributed by atoms with Gasteiger partial charge in [-0.25, -0.2) is 9.97 Å². The van der Waals surface area contributed by atoms with Crippen molar-refractivity contribution < 1.29 is 0 Å². The Hall–Kier alpha value is -7.31. The number of nitrogens with zero attached hydrogens (tertiary/aromatic N) is 3. The quantitative estimate of drug-likeness (QED) is 0.168. The molecular weight excluding hydrogens is 767 g/mol. The lowest BCUT2D eigenvalue weighted by molar-refractivity contribution is 1.18. The molecule has 0 atom stereocenters. The van der Waals surface area contributed by atoms with E-state index in [4.69, 9.17) is 9.97 Å². The minimum absolute atomic E-state index is 0.678. The van der Waals surface area contributed by atoms with Gasteiger partial charge in [0.1, 0.15) is 0 Å². The van der Waals surface area contributed by atoms with Crippen LogP contribution in [0.25, 0.3) is 118 Å². The predicted octanol–water partition coefficient (Wildman–Crippen LogP) is 15.8. The van der Waals surface area contributed by atoms with Gasteiger partial charge in [-0.15, -0.1) is 22.7 Å². The van der Waals surface area contributed by atoms with E-state index >= 15 is 0 Å². The highest BCUT2D eigenvalue weighted by atomic mass is 32.1. The molecule has 60 heavy (non-hydrogen) atoms. The van der Waals surface area contributed by atoms with Gasteiger partial charge in [0.2, 0.25) is 0 Å². The number of rotatable bonds is 6. The third-order valence-electron chi connectivity index (χ3n) is 11.6. The topological polar surface area (TPSA) is 38.7 Å². The maximum absolute atomic E-state index is 5.38. The average molecular weight is 800 g/mol. The first-order chi connectivity index (χ1) is 29.7. The minimum atomic E-state index is 0.678. The minimum Gasteiger partial charge on any atom is -0.264 e. The molecule has 4 aromatic heterocycles. The Balaban J connectivity index is 1.07. The fourth-order valence-electron chi connectivity index (χ4n) is 8.49. The molecule has 12 aromatic rings. The summed E-state index contributed by atoms with van der Waals surface area (Å²) in [4.78, 5) is 15.0. The number of hydrogen-bond acceptors (Lipinski definition) is 5. The van der Waals surface area contributed by atoms with Gasteiger partial charge in [0.05, 0.1) is 11.4 Å². The molecule has 4 heterocycles. The molecule has 12 rings (SSSR count). The van der Waals surface area contributed by atoms with E-state index in [0.29, 0.717) is 5.82 Å². The Morgan fingerprint density at radius 2 is 0.833 bits per heavy atom. The standard InChI is InChI=1S/C55H33N3S2/c1-2-9-37-26-40(20-17-34(37)8-1)49-32-50(58-55(57-49)36-18-15-35(16-19-36)41-10-7-25-56-33-41)44-28-42(38-21-23-53-47(30-38)45-11-3-5-13-51(45)59-53)27-43(29-44)39-22-24-54-48(31-39)46-12-4-6-14-52(46)60-54/h1-33H. The Bertz CT molecular complexity index is 3470. The van der Waals surface area contributed by atoms with Crippen molar-refractivity contribution in [1.29, 1.82) is 0 Å². The zero-order valence-corrected chi connectivity index (χ0v) is 33.8. The Morgan fingerprint density at radius 3 is 1.48 bits per heavy atom. The summed E-state index contributed by atoms with van der Waals surface area (Å²) in [5.41, 5.74) is 11.6. The van der Waals surface area contributed by atoms with Crippen LogP contribution in [0.15, 0.2) is 200 Å². The lowest BCUT2D eigenvalue weighted by Crippen LogP contribution is -1.97. The maximum atomic E-state index is 5.38. The average Bonchev–Trinajstić information content (AvgIpc) is 3.89. The molecule has 0 amide bonds. The van der Waals surface area contributed by atoms with Crippen LogP contribution in [0, 0.1) is 0 Å². The molecule has 0 radical (unpaired) electrons. The van der Waals surface area contributed by atoms with Gasteiger partial charge in [-0.05, 0) is 117 Å². The van der Waals surface area contributed by atoms with E-state index in [0.717, 1.165) is 50.3 Å². The van der Waals surface area contributed by atoms with Gasteiger partial charge >= 0.3 is 0 Å². The molecule has 5 heteroatoms. The number of fused-ring (bicyclic) bond motifs is 7. The maximum Gasteiger partial charge on any atom is 0.160 e. The summed E-state index contributed by atoms with van der Waals surface area (Å²) >= 11 is 3.70. The van der Waals surface area contributed by atoms with Crippen molar-refractivity contribution in [2.45, 2.75) is 0 Å². The Kier molecular flexibility index (Phi) is 8.22. The summed E-state index contributed by atoms with van der Waals surface area (Å²) in [5, 5.41) is 7.52. The van der Waals surface area contributed by atoms with Crippen molar-refractivity contribution in [2.75, 3.05) is 0 Å². The number of benzene rings is 8. The Labute approximate surface area is 354 Å². The molecule has 3 nitrogen and oxygen atoms in total. The number of thiophene rings is 2. The van der Waals surface area contributed by atoms with Gasteiger partial charge in [-0.1, -0.05) is 115 Å². The highest BCUT2D eigenvalue weighted by molar-refractivity contribution is 7.26. The normalized spacial score (nSPS) is 11.7. The van der Waals surface area contributed by atoms with Crippen LogP contribution in [0.1, 0.15) is 0 Å². The van der Waals surface area contributed by atoms with Crippen LogP contribution in [-0.4, -0.2) is 15.0 Å². The first-order valence-electron chi connectivity index (χ1n) is 20.0. The smallest absolute Gasteiger partial charge is 0.160 e. The SMILES string of the molecule is c1cncc(-c2ccc(-c3nc(-c4cc(-c5ccc6sc7ccccc7c6c5)cc(-c5ccc6sc7ccccc7c6c5)c4)cc(-c4ccc5ccccc5c4)n3)cc2)c1. The summed E-state index contributed by atoms with van der Waals surface area (Å²) < 4.78 is 5.19. The molecule has 280 valence electrons. The van der Waals surface area contributed by atoms with Crippen molar-refractivity contribution >= 4 is 73.8 Å². The molecule has 0 aliphatic heterocycles. The summed E-state index contributed by atoms with van der Waals surface area (Å²) in [7, 11) is 0. The lowest BCUT2D eigenvalue weighted by atomic mass is 9.93. The van der Waals surface area contributed by atoms with Gasteiger partial charge in [-0.2, -0.15) is 0 Å². The molecule has 0 unspecified atom stereocenters. The second-order valence-electron chi connectivity index (χ2n) is 15.3. The van der Waals surface area contributed by atoms with Crippen LogP contribution in [0.5, 0.6) is 0 Å². The van der Waals surface area contributed by atoms with E-state index in [2.05, 4.69) is 187 Å². The zero-order valence-electron chi connectivity index (χ0n) is 32.2. The van der Waals surface area contributed by atoms with Gasteiger partial charge in [-0.3, -0.25) is 4.98 Å². The van der Waals surface area contributed by atoms with E-state index in [1.54, 1.807) is 6.20 Å². The van der Waals surface area contributed by atoms with Crippen molar-refractivity contribution in [3.63, 3.8) is 0 Å². The van der Waals surface area contributed by atoms with Crippen LogP contribution < -0.4 is 0 Å². The van der Waals surface area contributed by atoms with Crippen molar-refractivity contribution in [3.8, 4) is 67.3 Å². The number of aromatic nitrogens is 3. The molecular formula is C55H33N3S2. The second kappa shape index (κ2) is 14.2.